The highest BCUT2D eigenvalue weighted by molar-refractivity contribution is 5.90. The number of hydrogen-bond donors (Lipinski definition) is 1. The fraction of sp³-hybridized carbons (Fsp3) is 0.318. The standard InChI is InChI=1S/C22H26N2O/c1-4-15-24-21(18-11-7-5-8-12-18)16(2)20(23-25)17(3)22(24)19-13-9-6-10-14-19/h4-14,16-17,21-22,25H,1,15H2,2-3H3/t16-,17-,21-,22+/m0/s1. The quantitative estimate of drug-likeness (QED) is 0.481. The third-order valence-corrected chi connectivity index (χ3v) is 5.33. The Morgan fingerprint density at radius 1 is 0.920 bits per heavy atom. The van der Waals surface area contributed by atoms with Crippen molar-refractivity contribution in [3.63, 3.8) is 0 Å². The van der Waals surface area contributed by atoms with Crippen molar-refractivity contribution in [1.29, 1.82) is 0 Å². The van der Waals surface area contributed by atoms with Crippen LogP contribution in [-0.4, -0.2) is 22.4 Å². The molecule has 0 aliphatic carbocycles. The molecule has 3 rings (SSSR count). The van der Waals surface area contributed by atoms with Crippen LogP contribution in [0.2, 0.25) is 0 Å². The van der Waals surface area contributed by atoms with Crippen molar-refractivity contribution in [2.45, 2.75) is 25.9 Å². The predicted molar refractivity (Wildman–Crippen MR) is 103 cm³/mol. The number of piperidine rings is 1. The molecule has 2 aromatic rings. The van der Waals surface area contributed by atoms with Crippen LogP contribution < -0.4 is 0 Å². The van der Waals surface area contributed by atoms with E-state index < -0.39 is 0 Å². The van der Waals surface area contributed by atoms with Gasteiger partial charge in [0.05, 0.1) is 5.71 Å². The van der Waals surface area contributed by atoms with E-state index in [9.17, 15) is 5.21 Å². The maximum atomic E-state index is 9.73. The molecule has 130 valence electrons. The van der Waals surface area contributed by atoms with Gasteiger partial charge in [0.1, 0.15) is 0 Å². The summed E-state index contributed by atoms with van der Waals surface area (Å²) in [5, 5.41) is 13.4. The lowest BCUT2D eigenvalue weighted by Gasteiger charge is -2.49. The normalized spacial score (nSPS) is 28.8. The van der Waals surface area contributed by atoms with E-state index in [1.54, 1.807) is 0 Å². The first-order valence-corrected chi connectivity index (χ1v) is 8.87. The minimum Gasteiger partial charge on any atom is -0.411 e. The third kappa shape index (κ3) is 3.24. The highest BCUT2D eigenvalue weighted by atomic mass is 16.4. The van der Waals surface area contributed by atoms with Crippen LogP contribution in [0.5, 0.6) is 0 Å². The molecule has 4 atom stereocenters. The second-order valence-electron chi connectivity index (χ2n) is 6.80. The van der Waals surface area contributed by atoms with Gasteiger partial charge in [-0.2, -0.15) is 0 Å². The zero-order valence-corrected chi connectivity index (χ0v) is 14.9. The number of hydrogen-bond acceptors (Lipinski definition) is 3. The first kappa shape index (κ1) is 17.4. The molecule has 0 aromatic heterocycles. The van der Waals surface area contributed by atoms with Gasteiger partial charge in [0.2, 0.25) is 0 Å². The van der Waals surface area contributed by atoms with Crippen molar-refractivity contribution in [3.8, 4) is 0 Å². The average Bonchev–Trinajstić information content (AvgIpc) is 2.64. The Balaban J connectivity index is 2.13. The molecule has 25 heavy (non-hydrogen) atoms. The minimum absolute atomic E-state index is 0.127. The lowest BCUT2D eigenvalue weighted by molar-refractivity contribution is 0.0812. The number of nitrogens with zero attached hydrogens (tertiary/aromatic N) is 2. The zero-order valence-electron chi connectivity index (χ0n) is 14.9. The van der Waals surface area contributed by atoms with E-state index in [-0.39, 0.29) is 23.9 Å². The summed E-state index contributed by atoms with van der Waals surface area (Å²) in [5.74, 6) is 0.254. The number of benzene rings is 2. The summed E-state index contributed by atoms with van der Waals surface area (Å²) in [7, 11) is 0. The van der Waals surface area contributed by atoms with E-state index in [0.717, 1.165) is 12.3 Å². The topological polar surface area (TPSA) is 35.8 Å². The molecule has 1 aliphatic heterocycles. The van der Waals surface area contributed by atoms with Crippen molar-refractivity contribution in [3.05, 3.63) is 84.4 Å². The number of rotatable bonds is 4. The molecule has 2 aromatic carbocycles. The molecule has 0 amide bonds. The van der Waals surface area contributed by atoms with Crippen LogP contribution in [-0.2, 0) is 0 Å². The van der Waals surface area contributed by atoms with Crippen LogP contribution >= 0.6 is 0 Å². The Morgan fingerprint density at radius 2 is 1.36 bits per heavy atom. The molecule has 0 saturated carbocycles. The largest absolute Gasteiger partial charge is 0.411 e. The van der Waals surface area contributed by atoms with Crippen molar-refractivity contribution >= 4 is 5.71 Å². The smallest absolute Gasteiger partial charge is 0.0665 e. The lowest BCUT2D eigenvalue weighted by Crippen LogP contribution is -2.49. The molecule has 1 aliphatic rings. The number of oxime groups is 1. The third-order valence-electron chi connectivity index (χ3n) is 5.33. The molecule has 3 heteroatoms. The van der Waals surface area contributed by atoms with Crippen LogP contribution in [0, 0.1) is 11.8 Å². The van der Waals surface area contributed by atoms with Crippen LogP contribution in [0.3, 0.4) is 0 Å². The Kier molecular flexibility index (Phi) is 5.34. The summed E-state index contributed by atoms with van der Waals surface area (Å²) in [6.45, 7) is 9.07. The van der Waals surface area contributed by atoms with Crippen molar-refractivity contribution in [1.82, 2.24) is 4.90 Å². The van der Waals surface area contributed by atoms with Crippen LogP contribution in [0.1, 0.15) is 37.1 Å². The molecule has 0 spiro atoms. The summed E-state index contributed by atoms with van der Waals surface area (Å²) in [6.07, 6.45) is 1.96. The van der Waals surface area contributed by atoms with Gasteiger partial charge in [-0.05, 0) is 11.1 Å². The molecule has 1 N–H and O–H groups in total. The van der Waals surface area contributed by atoms with Crippen LogP contribution in [0.15, 0.2) is 78.5 Å². The zero-order chi connectivity index (χ0) is 17.8. The van der Waals surface area contributed by atoms with Gasteiger partial charge in [-0.15, -0.1) is 6.58 Å². The van der Waals surface area contributed by atoms with Gasteiger partial charge in [0.15, 0.2) is 0 Å². The SMILES string of the molecule is C=CCN1[C@H](c2ccccc2)[C@@H](C)C(=NO)[C@H](C)[C@@H]1c1ccccc1. The van der Waals surface area contributed by atoms with E-state index in [1.165, 1.54) is 11.1 Å². The summed E-state index contributed by atoms with van der Waals surface area (Å²) in [4.78, 5) is 2.49. The second-order valence-corrected chi connectivity index (χ2v) is 6.80. The molecule has 1 heterocycles. The first-order chi connectivity index (χ1) is 12.2. The van der Waals surface area contributed by atoms with Crippen molar-refractivity contribution in [2.75, 3.05) is 6.54 Å². The minimum atomic E-state index is 0.127. The molecule has 0 unspecified atom stereocenters. The predicted octanol–water partition coefficient (Wildman–Crippen LogP) is 5.07. The highest BCUT2D eigenvalue weighted by Crippen LogP contribution is 2.46. The van der Waals surface area contributed by atoms with Crippen molar-refractivity contribution in [2.24, 2.45) is 17.0 Å². The summed E-state index contributed by atoms with van der Waals surface area (Å²) >= 11 is 0. The van der Waals surface area contributed by atoms with E-state index in [2.05, 4.69) is 79.0 Å². The molecule has 3 nitrogen and oxygen atoms in total. The van der Waals surface area contributed by atoms with Gasteiger partial charge in [-0.1, -0.05) is 85.7 Å². The fourth-order valence-corrected chi connectivity index (χ4v) is 4.30. The Hall–Kier alpha value is -2.39. The number of likely N-dealkylation sites (tertiary alicyclic amines) is 1. The van der Waals surface area contributed by atoms with E-state index in [1.807, 2.05) is 18.2 Å². The van der Waals surface area contributed by atoms with Gasteiger partial charge in [-0.3, -0.25) is 4.90 Å². The second kappa shape index (κ2) is 7.66. The maximum absolute atomic E-state index is 9.73. The van der Waals surface area contributed by atoms with Gasteiger partial charge < -0.3 is 5.21 Å². The molecule has 1 fully saturated rings. The van der Waals surface area contributed by atoms with E-state index in [4.69, 9.17) is 0 Å². The Labute approximate surface area is 150 Å². The van der Waals surface area contributed by atoms with Gasteiger partial charge >= 0.3 is 0 Å². The molecule has 0 radical (unpaired) electrons. The fourth-order valence-electron chi connectivity index (χ4n) is 4.30. The highest BCUT2D eigenvalue weighted by Gasteiger charge is 2.44. The Morgan fingerprint density at radius 3 is 1.72 bits per heavy atom. The summed E-state index contributed by atoms with van der Waals surface area (Å²) < 4.78 is 0. The van der Waals surface area contributed by atoms with Crippen LogP contribution in [0.4, 0.5) is 0 Å². The molecule has 1 saturated heterocycles. The summed E-state index contributed by atoms with van der Waals surface area (Å²) in [5.41, 5.74) is 3.35. The van der Waals surface area contributed by atoms with Crippen molar-refractivity contribution < 1.29 is 5.21 Å². The molecular formula is C22H26N2O. The first-order valence-electron chi connectivity index (χ1n) is 8.87. The van der Waals surface area contributed by atoms with Gasteiger partial charge in [0.25, 0.3) is 0 Å². The monoisotopic (exact) mass is 334 g/mol. The molecular weight excluding hydrogens is 308 g/mol. The van der Waals surface area contributed by atoms with E-state index in [0.29, 0.717) is 0 Å². The van der Waals surface area contributed by atoms with Gasteiger partial charge in [0, 0.05) is 30.5 Å². The van der Waals surface area contributed by atoms with Gasteiger partial charge in [-0.25, -0.2) is 0 Å². The lowest BCUT2D eigenvalue weighted by atomic mass is 9.74. The maximum Gasteiger partial charge on any atom is 0.0665 e. The van der Waals surface area contributed by atoms with E-state index >= 15 is 0 Å². The molecule has 0 bridgehead atoms. The summed E-state index contributed by atoms with van der Waals surface area (Å²) in [6, 6.07) is 21.3. The Bertz CT molecular complexity index is 671. The average molecular weight is 334 g/mol. The van der Waals surface area contributed by atoms with Crippen LogP contribution in [0.25, 0.3) is 0 Å².